The molecule has 1 aromatic heterocycles. The van der Waals surface area contributed by atoms with Crippen LogP contribution in [-0.4, -0.2) is 4.92 Å². The molecule has 1 aromatic carbocycles. The summed E-state index contributed by atoms with van der Waals surface area (Å²) in [6.45, 7) is 0. The van der Waals surface area contributed by atoms with Crippen molar-refractivity contribution in [3.8, 4) is 0 Å². The first-order chi connectivity index (χ1) is 8.66. The predicted molar refractivity (Wildman–Crippen MR) is 71.8 cm³/mol. The normalized spacial score (nSPS) is 10.5. The molecule has 0 amide bonds. The molecule has 0 saturated heterocycles. The third kappa shape index (κ3) is 3.27. The van der Waals surface area contributed by atoms with Gasteiger partial charge >= 0.3 is 0 Å². The molecule has 94 valence electrons. The number of nitrogens with zero attached hydrogens (tertiary/aromatic N) is 1. The molecule has 18 heavy (non-hydrogen) atoms. The van der Waals surface area contributed by atoms with Crippen LogP contribution >= 0.6 is 23.4 Å². The Morgan fingerprint density at radius 2 is 2.17 bits per heavy atom. The smallest absolute Gasteiger partial charge is 0.288 e. The number of hydrogen-bond acceptors (Lipinski definition) is 4. The van der Waals surface area contributed by atoms with E-state index in [1.807, 2.05) is 12.1 Å². The quantitative estimate of drug-likeness (QED) is 0.607. The first-order valence-corrected chi connectivity index (χ1v) is 6.73. The Morgan fingerprint density at radius 3 is 2.83 bits per heavy atom. The van der Waals surface area contributed by atoms with Gasteiger partial charge in [0, 0.05) is 11.8 Å². The van der Waals surface area contributed by atoms with Crippen molar-refractivity contribution in [3.05, 3.63) is 63.1 Å². The number of hydrogen-bond donors (Lipinski definition) is 0. The lowest BCUT2D eigenvalue weighted by Gasteiger charge is -2.01. The topological polar surface area (TPSA) is 56.3 Å². The van der Waals surface area contributed by atoms with Crippen molar-refractivity contribution in [2.75, 3.05) is 0 Å². The van der Waals surface area contributed by atoms with Gasteiger partial charge in [0.25, 0.3) is 5.69 Å². The first kappa shape index (κ1) is 13.0. The minimum absolute atomic E-state index is 0.0484. The highest BCUT2D eigenvalue weighted by Crippen LogP contribution is 2.27. The van der Waals surface area contributed by atoms with Crippen LogP contribution in [0, 0.1) is 10.1 Å². The van der Waals surface area contributed by atoms with E-state index in [1.54, 1.807) is 30.2 Å². The maximum Gasteiger partial charge on any atom is 0.288 e. The maximum absolute atomic E-state index is 10.7. The largest absolute Gasteiger partial charge is 0.468 e. The minimum Gasteiger partial charge on any atom is -0.468 e. The molecule has 0 N–H and O–H groups in total. The van der Waals surface area contributed by atoms with Crippen LogP contribution in [0.1, 0.15) is 11.3 Å². The van der Waals surface area contributed by atoms with E-state index in [-0.39, 0.29) is 10.7 Å². The summed E-state index contributed by atoms with van der Waals surface area (Å²) in [6.07, 6.45) is 1.63. The van der Waals surface area contributed by atoms with E-state index < -0.39 is 4.92 Å². The monoisotopic (exact) mass is 283 g/mol. The van der Waals surface area contributed by atoms with E-state index in [0.717, 1.165) is 17.1 Å². The molecule has 2 aromatic rings. The number of nitro benzene ring substituents is 1. The van der Waals surface area contributed by atoms with Crippen molar-refractivity contribution in [3.63, 3.8) is 0 Å². The van der Waals surface area contributed by atoms with Crippen LogP contribution in [0.15, 0.2) is 41.0 Å². The summed E-state index contributed by atoms with van der Waals surface area (Å²) in [6, 6.07) is 8.60. The number of rotatable bonds is 5. The summed E-state index contributed by atoms with van der Waals surface area (Å²) in [7, 11) is 0. The fourth-order valence-corrected chi connectivity index (χ4v) is 2.52. The lowest BCUT2D eigenvalue weighted by molar-refractivity contribution is -0.384. The van der Waals surface area contributed by atoms with Crippen molar-refractivity contribution >= 4 is 29.1 Å². The summed E-state index contributed by atoms with van der Waals surface area (Å²) < 4.78 is 5.20. The Hall–Kier alpha value is -1.46. The highest BCUT2D eigenvalue weighted by Gasteiger charge is 2.12. The zero-order valence-electron chi connectivity index (χ0n) is 9.34. The van der Waals surface area contributed by atoms with Crippen LogP contribution < -0.4 is 0 Å². The van der Waals surface area contributed by atoms with Gasteiger partial charge in [-0.25, -0.2) is 0 Å². The first-order valence-electron chi connectivity index (χ1n) is 5.20. The molecule has 0 atom stereocenters. The van der Waals surface area contributed by atoms with E-state index in [0.29, 0.717) is 5.75 Å². The van der Waals surface area contributed by atoms with Crippen molar-refractivity contribution < 1.29 is 9.34 Å². The second-order valence-corrected chi connectivity index (χ2v) is 5.01. The summed E-state index contributed by atoms with van der Waals surface area (Å²) >= 11 is 7.37. The third-order valence-electron chi connectivity index (χ3n) is 2.30. The molecule has 0 spiro atoms. The van der Waals surface area contributed by atoms with E-state index in [4.69, 9.17) is 16.0 Å². The summed E-state index contributed by atoms with van der Waals surface area (Å²) in [5.74, 6) is 2.31. The Kier molecular flexibility index (Phi) is 4.28. The van der Waals surface area contributed by atoms with Crippen LogP contribution in [0.3, 0.4) is 0 Å². The van der Waals surface area contributed by atoms with Crippen LogP contribution in [0.2, 0.25) is 5.02 Å². The van der Waals surface area contributed by atoms with E-state index in [1.165, 1.54) is 6.07 Å². The lowest BCUT2D eigenvalue weighted by Crippen LogP contribution is -1.91. The number of halogens is 1. The molecule has 0 aliphatic heterocycles. The maximum atomic E-state index is 10.7. The molecule has 0 radical (unpaired) electrons. The van der Waals surface area contributed by atoms with Gasteiger partial charge < -0.3 is 4.42 Å². The summed E-state index contributed by atoms with van der Waals surface area (Å²) in [5, 5.41) is 10.9. The van der Waals surface area contributed by atoms with Crippen LogP contribution in [-0.2, 0) is 11.5 Å². The molecule has 4 nitrogen and oxygen atoms in total. The van der Waals surface area contributed by atoms with Gasteiger partial charge in [-0.3, -0.25) is 10.1 Å². The average molecular weight is 284 g/mol. The Morgan fingerprint density at radius 1 is 1.33 bits per heavy atom. The van der Waals surface area contributed by atoms with Gasteiger partial charge in [-0.2, -0.15) is 0 Å². The van der Waals surface area contributed by atoms with Gasteiger partial charge in [0.1, 0.15) is 10.8 Å². The standard InChI is InChI=1S/C12H10ClNO3S/c13-11-4-3-9(6-12(11)14(15)16)7-18-8-10-2-1-5-17-10/h1-6H,7-8H2. The Labute approximate surface area is 113 Å². The SMILES string of the molecule is O=[N+]([O-])c1cc(CSCc2ccco2)ccc1Cl. The molecule has 2 rings (SSSR count). The number of benzene rings is 1. The van der Waals surface area contributed by atoms with Gasteiger partial charge in [-0.15, -0.1) is 11.8 Å². The third-order valence-corrected chi connectivity index (χ3v) is 3.65. The average Bonchev–Trinajstić information content (AvgIpc) is 2.84. The van der Waals surface area contributed by atoms with E-state index >= 15 is 0 Å². The fraction of sp³-hybridized carbons (Fsp3) is 0.167. The van der Waals surface area contributed by atoms with Crippen molar-refractivity contribution in [1.82, 2.24) is 0 Å². The highest BCUT2D eigenvalue weighted by molar-refractivity contribution is 7.97. The molecule has 0 saturated carbocycles. The molecular weight excluding hydrogens is 274 g/mol. The van der Waals surface area contributed by atoms with Gasteiger partial charge in [-0.1, -0.05) is 17.7 Å². The Bertz CT molecular complexity index is 542. The molecule has 0 aliphatic rings. The molecule has 1 heterocycles. The molecule has 0 fully saturated rings. The van der Waals surface area contributed by atoms with Gasteiger partial charge in [-0.05, 0) is 23.8 Å². The lowest BCUT2D eigenvalue weighted by atomic mass is 10.2. The van der Waals surface area contributed by atoms with Gasteiger partial charge in [0.05, 0.1) is 16.9 Å². The zero-order valence-corrected chi connectivity index (χ0v) is 10.9. The van der Waals surface area contributed by atoms with Crippen molar-refractivity contribution in [1.29, 1.82) is 0 Å². The molecule has 0 bridgehead atoms. The molecular formula is C12H10ClNO3S. The number of nitro groups is 1. The van der Waals surface area contributed by atoms with E-state index in [9.17, 15) is 10.1 Å². The number of thioether (sulfide) groups is 1. The summed E-state index contributed by atoms with van der Waals surface area (Å²) in [5.41, 5.74) is 0.829. The molecule has 6 heteroatoms. The van der Waals surface area contributed by atoms with Gasteiger partial charge in [0.2, 0.25) is 0 Å². The summed E-state index contributed by atoms with van der Waals surface area (Å²) in [4.78, 5) is 10.3. The highest BCUT2D eigenvalue weighted by atomic mass is 35.5. The van der Waals surface area contributed by atoms with Crippen molar-refractivity contribution in [2.45, 2.75) is 11.5 Å². The Balaban J connectivity index is 1.97. The molecule has 0 aliphatic carbocycles. The minimum atomic E-state index is -0.469. The van der Waals surface area contributed by atoms with Crippen LogP contribution in [0.5, 0.6) is 0 Å². The predicted octanol–water partition coefficient (Wildman–Crippen LogP) is 4.27. The van der Waals surface area contributed by atoms with Gasteiger partial charge in [0.15, 0.2) is 0 Å². The van der Waals surface area contributed by atoms with Crippen molar-refractivity contribution in [2.24, 2.45) is 0 Å². The second kappa shape index (κ2) is 5.93. The fourth-order valence-electron chi connectivity index (χ4n) is 1.45. The van der Waals surface area contributed by atoms with E-state index in [2.05, 4.69) is 0 Å². The second-order valence-electron chi connectivity index (χ2n) is 3.62. The van der Waals surface area contributed by atoms with Crippen LogP contribution in [0.4, 0.5) is 5.69 Å². The molecule has 0 unspecified atom stereocenters. The zero-order chi connectivity index (χ0) is 13.0. The number of furan rings is 1. The van der Waals surface area contributed by atoms with Crippen LogP contribution in [0.25, 0.3) is 0 Å².